The SMILES string of the molecule is C.COC(=O)c1ccc(CBr)cc1F.COC(=O)c1ccc(CN(c2nc(C)no2)c2nc(C)ns2)cc1F.Cc1noc(N(Cc2ccc(C(=O)NO)c(F)c2)c2nc(C)ns2)n1.Cc1noc(N)n1.Cc1noc(Nc2nc(C)ns2)n1.Cc1nsc(Cl)n1. The third kappa shape index (κ3) is 22.2. The average molecular weight is 1420 g/mol. The zero-order valence-corrected chi connectivity index (χ0v) is 54.2. The molecule has 0 bridgehead atoms. The van der Waals surface area contributed by atoms with Gasteiger partial charge in [0.1, 0.15) is 40.7 Å². The van der Waals surface area contributed by atoms with Crippen molar-refractivity contribution in [2.24, 2.45) is 0 Å². The summed E-state index contributed by atoms with van der Waals surface area (Å²) in [7, 11) is 2.42. The number of ether oxygens (including phenoxy) is 2. The van der Waals surface area contributed by atoms with Crippen LogP contribution in [0.2, 0.25) is 4.47 Å². The summed E-state index contributed by atoms with van der Waals surface area (Å²) in [5.74, 6) is 0.439. The first-order valence-electron chi connectivity index (χ1n) is 25.1. The van der Waals surface area contributed by atoms with E-state index in [-0.39, 0.29) is 55.3 Å². The van der Waals surface area contributed by atoms with Crippen molar-refractivity contribution in [2.75, 3.05) is 35.1 Å². The molecule has 0 aliphatic carbocycles. The van der Waals surface area contributed by atoms with Gasteiger partial charge in [-0.05, 0) is 132 Å². The number of hydroxylamine groups is 1. The smallest absolute Gasteiger partial charge is 0.340 e. The molecule has 8 aromatic heterocycles. The molecule has 0 spiro atoms. The zero-order valence-electron chi connectivity index (χ0n) is 48.6. The van der Waals surface area contributed by atoms with E-state index in [1.54, 1.807) is 69.5 Å². The van der Waals surface area contributed by atoms with Gasteiger partial charge in [0.15, 0.2) is 23.3 Å². The number of rotatable bonds is 14. The predicted octanol–water partition coefficient (Wildman–Crippen LogP) is 10.8. The fraction of sp³-hybridized carbons (Fsp3) is 0.275. The van der Waals surface area contributed by atoms with Crippen molar-refractivity contribution in [1.82, 2.24) is 83.5 Å². The Morgan fingerprint density at radius 1 is 0.560 bits per heavy atom. The number of hydrogen-bond donors (Lipinski definition) is 4. The number of carbonyl (C=O) groups is 3. The maximum absolute atomic E-state index is 14.2. The lowest BCUT2D eigenvalue weighted by molar-refractivity contribution is 0.0586. The number of esters is 2. The van der Waals surface area contributed by atoms with Crippen molar-refractivity contribution in [2.45, 2.75) is 81.2 Å². The summed E-state index contributed by atoms with van der Waals surface area (Å²) in [5.41, 5.74) is 7.92. The number of halogens is 5. The Hall–Kier alpha value is -9.41. The minimum Gasteiger partial charge on any atom is -0.465 e. The highest BCUT2D eigenvalue weighted by atomic mass is 79.9. The van der Waals surface area contributed by atoms with Crippen molar-refractivity contribution in [3.05, 3.63) is 156 Å². The molecule has 0 saturated heterocycles. The normalized spacial score (nSPS) is 10.2. The van der Waals surface area contributed by atoms with E-state index >= 15 is 0 Å². The van der Waals surface area contributed by atoms with Gasteiger partial charge in [-0.25, -0.2) is 48.2 Å². The molecule has 1 amide bonds. The second kappa shape index (κ2) is 35.1. The van der Waals surface area contributed by atoms with E-state index in [2.05, 4.69) is 113 Å². The Morgan fingerprint density at radius 3 is 1.30 bits per heavy atom. The van der Waals surface area contributed by atoms with Crippen molar-refractivity contribution in [3.63, 3.8) is 0 Å². The van der Waals surface area contributed by atoms with Crippen LogP contribution in [0.3, 0.4) is 0 Å². The van der Waals surface area contributed by atoms with Crippen LogP contribution < -0.4 is 26.3 Å². The number of benzene rings is 3. The summed E-state index contributed by atoms with van der Waals surface area (Å²) in [6.07, 6.45) is 0. The van der Waals surface area contributed by atoms with Gasteiger partial charge in [-0.15, -0.1) is 0 Å². The number of methoxy groups -OCH3 is 2. The van der Waals surface area contributed by atoms with Gasteiger partial charge in [0, 0.05) is 39.9 Å². The Bertz CT molecular complexity index is 3790. The van der Waals surface area contributed by atoms with Gasteiger partial charge in [-0.3, -0.25) is 25.1 Å². The van der Waals surface area contributed by atoms with Crippen LogP contribution in [0.5, 0.6) is 0 Å². The van der Waals surface area contributed by atoms with E-state index in [4.69, 9.17) is 36.1 Å². The quantitative estimate of drug-likeness (QED) is 0.0340. The van der Waals surface area contributed by atoms with Gasteiger partial charge >= 0.3 is 36.0 Å². The monoisotopic (exact) mass is 1420 g/mol. The predicted molar refractivity (Wildman–Crippen MR) is 330 cm³/mol. The lowest BCUT2D eigenvalue weighted by Crippen LogP contribution is -2.21. The number of alkyl halides is 1. The van der Waals surface area contributed by atoms with Gasteiger partial charge in [-0.2, -0.15) is 37.4 Å². The molecule has 0 atom stereocenters. The van der Waals surface area contributed by atoms with Crippen molar-refractivity contribution in [3.8, 4) is 0 Å². The van der Waals surface area contributed by atoms with E-state index in [1.165, 1.54) is 90.7 Å². The number of anilines is 7. The summed E-state index contributed by atoms with van der Waals surface area (Å²) < 4.78 is 86.5. The number of nitrogens with two attached hydrogens (primary N) is 1. The summed E-state index contributed by atoms with van der Waals surface area (Å²) in [6.45, 7) is 14.4. The minimum absolute atomic E-state index is 0. The number of nitrogens with one attached hydrogen (secondary N) is 2. The number of amides is 1. The van der Waals surface area contributed by atoms with Gasteiger partial charge in [-0.1, -0.05) is 62.2 Å². The molecule has 0 fully saturated rings. The summed E-state index contributed by atoms with van der Waals surface area (Å²) in [5, 5.41) is 28.3. The van der Waals surface area contributed by atoms with Crippen LogP contribution in [0.25, 0.3) is 0 Å². The molecule has 11 rings (SSSR count). The molecule has 91 heavy (non-hydrogen) atoms. The molecule has 0 radical (unpaired) electrons. The molecule has 482 valence electrons. The Kier molecular flexibility index (Phi) is 27.9. The average Bonchev–Trinajstić information content (AvgIpc) is 2.01. The fourth-order valence-corrected chi connectivity index (χ4v) is 9.40. The molecular formula is C51H54BrClF3N21O10S4. The second-order valence-electron chi connectivity index (χ2n) is 17.4. The fourth-order valence-electron chi connectivity index (χ4n) is 6.51. The minimum atomic E-state index is -0.923. The highest BCUT2D eigenvalue weighted by Gasteiger charge is 2.24. The number of carbonyl (C=O) groups excluding carboxylic acids is 3. The largest absolute Gasteiger partial charge is 0.465 e. The molecule has 0 saturated carbocycles. The molecule has 3 aromatic carbocycles. The van der Waals surface area contributed by atoms with Crippen molar-refractivity contribution in [1.29, 1.82) is 0 Å². The van der Waals surface area contributed by atoms with Crippen molar-refractivity contribution >= 4 is 131 Å². The number of nitrogen functional groups attached to an aromatic ring is 1. The number of hydrogen-bond acceptors (Lipinski definition) is 34. The van der Waals surface area contributed by atoms with E-state index in [1.807, 2.05) is 13.8 Å². The Labute approximate surface area is 544 Å². The number of nitrogens with zero attached hydrogens (tertiary/aromatic N) is 18. The van der Waals surface area contributed by atoms with Crippen LogP contribution in [-0.2, 0) is 27.9 Å². The molecule has 5 N–H and O–H groups in total. The standard InChI is InChI=1S/C15H14FN5O3S.C14H13FN6O3S.C9H8BrFO2.C6H7N5OS.C3H3ClN2S.C3H5N3O.CH4/c1-8-17-14(24-19-8)21(15-18-9(2)20-25-15)7-10-4-5-11(12(16)6-10)13(22)23-3;1-7-16-13(24-19-7)21(14-17-8(2)20-25-14)6-9-3-4-10(11(15)5-9)12(22)18-23;1-13-9(12)7-3-2-6(5-10)4-8(7)11;1-3-7-5(12-10-3)9-6-8-4(2)11-13-6;2*1-2-5-3(4)7-6-2;/h4-6H,7H2,1-3H3;3-5,23H,6H2,1-2H3,(H,18,22);2-4H,5H2,1H3;1-2H3,(H,7,8,9,10,11);1H3;1H3,(H2,4,5,6);1H4. The molecule has 8 heterocycles. The lowest BCUT2D eigenvalue weighted by atomic mass is 10.1. The molecule has 0 unspecified atom stereocenters. The van der Waals surface area contributed by atoms with Crippen molar-refractivity contribution < 1.29 is 60.3 Å². The van der Waals surface area contributed by atoms with Gasteiger partial charge in [0.2, 0.25) is 19.9 Å². The van der Waals surface area contributed by atoms with Gasteiger partial charge in [0.25, 0.3) is 5.91 Å². The Balaban J connectivity index is 0.000000211. The highest BCUT2D eigenvalue weighted by molar-refractivity contribution is 9.08. The molecule has 11 aromatic rings. The topological polar surface area (TPSA) is 405 Å². The van der Waals surface area contributed by atoms with Crippen LogP contribution in [0.15, 0.2) is 72.7 Å². The van der Waals surface area contributed by atoms with Gasteiger partial charge in [0.05, 0.1) is 44.0 Å². The first-order chi connectivity index (χ1) is 42.9. The molecule has 0 aliphatic rings. The second-order valence-corrected chi connectivity index (χ2v) is 21.5. The van der Waals surface area contributed by atoms with E-state index in [9.17, 15) is 27.6 Å². The van der Waals surface area contributed by atoms with Crippen LogP contribution in [0.4, 0.5) is 52.6 Å². The molecule has 40 heteroatoms. The number of aryl methyl sites for hydroxylation is 8. The van der Waals surface area contributed by atoms with Crippen LogP contribution in [-0.4, -0.2) is 115 Å². The van der Waals surface area contributed by atoms with E-state index in [0.717, 1.165) is 28.7 Å². The first kappa shape index (κ1) is 72.3. The van der Waals surface area contributed by atoms with Crippen LogP contribution >= 0.6 is 73.7 Å². The maximum atomic E-state index is 14.2. The Morgan fingerprint density at radius 2 is 0.978 bits per heavy atom. The summed E-state index contributed by atoms with van der Waals surface area (Å²) >= 11 is 13.4. The molecular weight excluding hydrogens is 1370 g/mol. The highest BCUT2D eigenvalue weighted by Crippen LogP contribution is 2.30. The first-order valence-corrected chi connectivity index (χ1v) is 29.7. The third-order valence-corrected chi connectivity index (χ3v) is 14.3. The van der Waals surface area contributed by atoms with Crippen LogP contribution in [0, 0.1) is 72.8 Å². The van der Waals surface area contributed by atoms with Gasteiger partial charge < -0.3 is 33.3 Å². The zero-order chi connectivity index (χ0) is 65.6. The lowest BCUT2D eigenvalue weighted by Gasteiger charge is -2.16. The van der Waals surface area contributed by atoms with Crippen LogP contribution in [0.1, 0.15) is 102 Å². The third-order valence-electron chi connectivity index (χ3n) is 10.4. The molecule has 0 aliphatic heterocycles. The van der Waals surface area contributed by atoms with E-state index in [0.29, 0.717) is 77.3 Å². The number of aromatic nitrogens is 16. The van der Waals surface area contributed by atoms with E-state index < -0.39 is 35.3 Å². The maximum Gasteiger partial charge on any atom is 0.340 e. The molecule has 31 nitrogen and oxygen atoms in total. The summed E-state index contributed by atoms with van der Waals surface area (Å²) in [4.78, 5) is 69.5. The summed E-state index contributed by atoms with van der Waals surface area (Å²) in [6, 6.07) is 13.6.